The van der Waals surface area contributed by atoms with Crippen LogP contribution in [0.4, 0.5) is 11.8 Å². The van der Waals surface area contributed by atoms with Crippen LogP contribution in [0.5, 0.6) is 0 Å². The van der Waals surface area contributed by atoms with Gasteiger partial charge in [0, 0.05) is 23.0 Å². The highest BCUT2D eigenvalue weighted by Gasteiger charge is 2.31. The smallest absolute Gasteiger partial charge is 0.248 e. The van der Waals surface area contributed by atoms with Crippen LogP contribution in [0.1, 0.15) is 57.1 Å². The average Bonchev–Trinajstić information content (AvgIpc) is 3.79. The molecule has 43 heavy (non-hydrogen) atoms. The van der Waals surface area contributed by atoms with Gasteiger partial charge in [-0.3, -0.25) is 0 Å². The van der Waals surface area contributed by atoms with Crippen molar-refractivity contribution in [3.63, 3.8) is 0 Å². The number of aromatic nitrogens is 6. The van der Waals surface area contributed by atoms with Crippen molar-refractivity contribution < 1.29 is 0 Å². The number of anilines is 2. The Hall–Kier alpha value is -4.43. The van der Waals surface area contributed by atoms with E-state index < -0.39 is 0 Å². The van der Waals surface area contributed by atoms with Crippen LogP contribution in [0, 0.1) is 11.8 Å². The fourth-order valence-electron chi connectivity index (χ4n) is 7.00. The molecule has 2 unspecified atom stereocenters. The van der Waals surface area contributed by atoms with Gasteiger partial charge in [-0.05, 0) is 112 Å². The fraction of sp³-hybridized carbons (Fsp3) is 0.343. The van der Waals surface area contributed by atoms with Crippen LogP contribution in [-0.4, -0.2) is 42.3 Å². The number of nitrogens with one attached hydrogen (secondary N) is 2. The van der Waals surface area contributed by atoms with Gasteiger partial charge >= 0.3 is 0 Å². The molecular formula is C35H36N8. The summed E-state index contributed by atoms with van der Waals surface area (Å²) in [5.74, 6) is 3.19. The molecule has 0 amide bonds. The molecule has 2 atom stereocenters. The monoisotopic (exact) mass is 568 g/mol. The van der Waals surface area contributed by atoms with Crippen molar-refractivity contribution in [3.05, 3.63) is 89.0 Å². The molecule has 8 rings (SSSR count). The third-order valence-electron chi connectivity index (χ3n) is 9.25. The molecule has 2 saturated carbocycles. The van der Waals surface area contributed by atoms with Gasteiger partial charge in [-0.2, -0.15) is 4.98 Å². The summed E-state index contributed by atoms with van der Waals surface area (Å²) in [5, 5.41) is 13.8. The molecule has 3 aromatic heterocycles. The van der Waals surface area contributed by atoms with E-state index in [0.29, 0.717) is 29.6 Å². The Morgan fingerprint density at radius 1 is 1.02 bits per heavy atom. The number of piperidine rings is 1. The van der Waals surface area contributed by atoms with E-state index in [1.165, 1.54) is 48.5 Å². The second-order valence-electron chi connectivity index (χ2n) is 12.4. The molecule has 1 saturated heterocycles. The summed E-state index contributed by atoms with van der Waals surface area (Å²) in [6, 6.07) is 14.5. The van der Waals surface area contributed by atoms with Crippen LogP contribution in [0.2, 0.25) is 0 Å². The molecule has 0 radical (unpaired) electrons. The predicted octanol–water partition coefficient (Wildman–Crippen LogP) is 5.10. The maximum absolute atomic E-state index is 5.27. The SMILES string of the molecule is C=C1C=c2nc(-c3ccnc(Nc4ncn(-c5ccccc5)n4)c3)nc(C=C3CCC4NCCCC4C3)c2=C(C2CC2)C1. The van der Waals surface area contributed by atoms with E-state index in [1.54, 1.807) is 17.2 Å². The number of benzene rings is 1. The normalized spacial score (nSPS) is 22.6. The summed E-state index contributed by atoms with van der Waals surface area (Å²) >= 11 is 0. The van der Waals surface area contributed by atoms with Crippen molar-refractivity contribution in [2.75, 3.05) is 11.9 Å². The Kier molecular flexibility index (Phi) is 6.71. The minimum Gasteiger partial charge on any atom is -0.314 e. The minimum atomic E-state index is 0.478. The number of allylic oxidation sites excluding steroid dienone is 2. The lowest BCUT2D eigenvalue weighted by molar-refractivity contribution is 0.242. The highest BCUT2D eigenvalue weighted by atomic mass is 15.4. The van der Waals surface area contributed by atoms with Gasteiger partial charge in [-0.25, -0.2) is 19.6 Å². The summed E-state index contributed by atoms with van der Waals surface area (Å²) in [6.45, 7) is 5.52. The summed E-state index contributed by atoms with van der Waals surface area (Å²) in [7, 11) is 0. The van der Waals surface area contributed by atoms with Crippen LogP contribution < -0.4 is 21.2 Å². The average molecular weight is 569 g/mol. The third-order valence-corrected chi connectivity index (χ3v) is 9.25. The van der Waals surface area contributed by atoms with E-state index in [-0.39, 0.29) is 0 Å². The number of nitrogens with zero attached hydrogens (tertiary/aromatic N) is 6. The quantitative estimate of drug-likeness (QED) is 0.334. The molecule has 4 heterocycles. The number of rotatable bonds is 6. The Bertz CT molecular complexity index is 1850. The van der Waals surface area contributed by atoms with E-state index >= 15 is 0 Å². The lowest BCUT2D eigenvalue weighted by atomic mass is 9.77. The van der Waals surface area contributed by atoms with Crippen LogP contribution >= 0.6 is 0 Å². The second kappa shape index (κ2) is 11.0. The maximum Gasteiger partial charge on any atom is 0.248 e. The summed E-state index contributed by atoms with van der Waals surface area (Å²) < 4.78 is 1.74. The molecule has 4 aromatic rings. The zero-order chi connectivity index (χ0) is 28.8. The number of fused-ring (bicyclic) bond motifs is 2. The minimum absolute atomic E-state index is 0.478. The van der Waals surface area contributed by atoms with Gasteiger partial charge in [0.15, 0.2) is 5.82 Å². The first-order valence-electron chi connectivity index (χ1n) is 15.6. The molecule has 3 aliphatic carbocycles. The third kappa shape index (κ3) is 5.43. The van der Waals surface area contributed by atoms with Crippen molar-refractivity contribution in [1.82, 2.24) is 35.0 Å². The van der Waals surface area contributed by atoms with Crippen molar-refractivity contribution >= 4 is 29.5 Å². The second-order valence-corrected chi connectivity index (χ2v) is 12.4. The van der Waals surface area contributed by atoms with E-state index in [2.05, 4.69) is 44.4 Å². The van der Waals surface area contributed by atoms with Crippen LogP contribution in [0.15, 0.2) is 72.7 Å². The Balaban J connectivity index is 1.16. The molecule has 1 aliphatic heterocycles. The summed E-state index contributed by atoms with van der Waals surface area (Å²) in [6.07, 6.45) is 17.6. The Morgan fingerprint density at radius 3 is 2.81 bits per heavy atom. The molecule has 3 fully saturated rings. The molecule has 8 heteroatoms. The van der Waals surface area contributed by atoms with Gasteiger partial charge in [-0.15, -0.1) is 5.10 Å². The lowest BCUT2D eigenvalue weighted by Crippen LogP contribution is -2.43. The lowest BCUT2D eigenvalue weighted by Gasteiger charge is -2.37. The zero-order valence-electron chi connectivity index (χ0n) is 24.3. The molecule has 216 valence electrons. The summed E-state index contributed by atoms with van der Waals surface area (Å²) in [5.41, 5.74) is 7.04. The van der Waals surface area contributed by atoms with Crippen molar-refractivity contribution in [3.8, 4) is 17.1 Å². The van der Waals surface area contributed by atoms with Gasteiger partial charge in [-0.1, -0.05) is 35.9 Å². The van der Waals surface area contributed by atoms with Crippen LogP contribution in [0.3, 0.4) is 0 Å². The zero-order valence-corrected chi connectivity index (χ0v) is 24.3. The van der Waals surface area contributed by atoms with E-state index in [4.69, 9.17) is 9.97 Å². The Labute approximate surface area is 251 Å². The van der Waals surface area contributed by atoms with Gasteiger partial charge in [0.05, 0.1) is 16.7 Å². The number of hydrogen-bond acceptors (Lipinski definition) is 7. The number of pyridine rings is 1. The van der Waals surface area contributed by atoms with Crippen molar-refractivity contribution in [1.29, 1.82) is 0 Å². The van der Waals surface area contributed by atoms with Crippen LogP contribution in [0.25, 0.3) is 34.8 Å². The first-order valence-corrected chi connectivity index (χ1v) is 15.6. The highest BCUT2D eigenvalue weighted by Crippen LogP contribution is 2.40. The van der Waals surface area contributed by atoms with Crippen molar-refractivity contribution in [2.24, 2.45) is 11.8 Å². The molecule has 0 bridgehead atoms. The van der Waals surface area contributed by atoms with Gasteiger partial charge in [0.2, 0.25) is 5.95 Å². The molecule has 1 aromatic carbocycles. The first kappa shape index (κ1) is 26.2. The molecular weight excluding hydrogens is 532 g/mol. The number of hydrogen-bond donors (Lipinski definition) is 2. The first-order chi connectivity index (χ1) is 21.2. The molecule has 0 spiro atoms. The fourth-order valence-corrected chi connectivity index (χ4v) is 7.00. The topological polar surface area (TPSA) is 93.4 Å². The van der Waals surface area contributed by atoms with Gasteiger partial charge < -0.3 is 10.6 Å². The predicted molar refractivity (Wildman–Crippen MR) is 170 cm³/mol. The van der Waals surface area contributed by atoms with Gasteiger partial charge in [0.25, 0.3) is 0 Å². The van der Waals surface area contributed by atoms with E-state index in [9.17, 15) is 0 Å². The van der Waals surface area contributed by atoms with E-state index in [0.717, 1.165) is 59.6 Å². The number of para-hydroxylation sites is 1. The molecule has 8 nitrogen and oxygen atoms in total. The highest BCUT2D eigenvalue weighted by molar-refractivity contribution is 5.70. The van der Waals surface area contributed by atoms with Gasteiger partial charge in [0.1, 0.15) is 12.1 Å². The maximum atomic E-state index is 5.27. The molecule has 4 aliphatic rings. The Morgan fingerprint density at radius 2 is 1.93 bits per heavy atom. The standard InChI is InChI=1S/C35H36N8/c1-22-16-28(24-10-11-24)33-30(17-22)39-34(40-31(33)19-23-9-12-29-25(18-23)6-5-14-36-29)26-13-15-37-32(20-26)41-35-38-21-43(42-35)27-7-3-2-4-8-27/h2-4,7-8,13,15,17,19-21,24-25,29,36H,1,5-6,9-12,14,16,18H2,(H,37,41,42). The van der Waals surface area contributed by atoms with Crippen LogP contribution in [-0.2, 0) is 0 Å². The largest absolute Gasteiger partial charge is 0.314 e. The molecule has 2 N–H and O–H groups in total. The van der Waals surface area contributed by atoms with Crippen molar-refractivity contribution in [2.45, 2.75) is 57.4 Å². The summed E-state index contributed by atoms with van der Waals surface area (Å²) in [4.78, 5) is 19.4. The van der Waals surface area contributed by atoms with E-state index in [1.807, 2.05) is 42.5 Å².